The lowest BCUT2D eigenvalue weighted by Crippen LogP contribution is -2.45. The number of carboxylic acids is 1. The van der Waals surface area contributed by atoms with Gasteiger partial charge in [0.05, 0.1) is 0 Å². The largest absolute Gasteiger partial charge is 0.481 e. The molecule has 0 radical (unpaired) electrons. The molecular weight excluding hydrogens is 264 g/mol. The van der Waals surface area contributed by atoms with Crippen LogP contribution >= 0.6 is 0 Å². The second-order valence-electron chi connectivity index (χ2n) is 7.64. The van der Waals surface area contributed by atoms with Gasteiger partial charge in [0.1, 0.15) is 0 Å². The van der Waals surface area contributed by atoms with Crippen LogP contribution in [0.2, 0.25) is 0 Å². The van der Waals surface area contributed by atoms with E-state index in [0.29, 0.717) is 24.3 Å². The van der Waals surface area contributed by atoms with E-state index in [4.69, 9.17) is 5.11 Å². The Morgan fingerprint density at radius 1 is 1.24 bits per heavy atom. The molecule has 3 fully saturated rings. The fourth-order valence-corrected chi connectivity index (χ4v) is 4.49. The van der Waals surface area contributed by atoms with Gasteiger partial charge in [0.25, 0.3) is 0 Å². The van der Waals surface area contributed by atoms with E-state index in [9.17, 15) is 4.79 Å². The molecule has 0 aromatic carbocycles. The van der Waals surface area contributed by atoms with Gasteiger partial charge in [0.2, 0.25) is 0 Å². The van der Waals surface area contributed by atoms with E-state index in [1.807, 2.05) is 0 Å². The van der Waals surface area contributed by atoms with Gasteiger partial charge in [-0.25, -0.2) is 0 Å². The highest BCUT2D eigenvalue weighted by Gasteiger charge is 2.41. The van der Waals surface area contributed by atoms with Crippen molar-refractivity contribution in [3.05, 3.63) is 0 Å². The molecule has 3 rings (SSSR count). The number of hydrogen-bond donors (Lipinski definition) is 1. The Morgan fingerprint density at radius 2 is 2.00 bits per heavy atom. The van der Waals surface area contributed by atoms with Crippen molar-refractivity contribution >= 4 is 5.97 Å². The number of likely N-dealkylation sites (tertiary alicyclic amines) is 2. The Bertz CT molecular complexity index is 383. The first-order chi connectivity index (χ1) is 10.0. The third kappa shape index (κ3) is 3.59. The van der Waals surface area contributed by atoms with Crippen LogP contribution in [0.1, 0.15) is 52.4 Å². The maximum Gasteiger partial charge on any atom is 0.303 e. The SMILES string of the molecule is CC(CC(=O)O)C1CCCN(C2CC(C)N(C3CC3)C2)C1. The molecule has 1 aliphatic carbocycles. The van der Waals surface area contributed by atoms with Crippen molar-refractivity contribution in [1.29, 1.82) is 0 Å². The highest BCUT2D eigenvalue weighted by Crippen LogP contribution is 2.36. The van der Waals surface area contributed by atoms with Crippen LogP contribution in [0.5, 0.6) is 0 Å². The highest BCUT2D eigenvalue weighted by atomic mass is 16.4. The summed E-state index contributed by atoms with van der Waals surface area (Å²) in [4.78, 5) is 16.3. The van der Waals surface area contributed by atoms with Gasteiger partial charge < -0.3 is 5.11 Å². The molecule has 0 aromatic rings. The van der Waals surface area contributed by atoms with Gasteiger partial charge in [-0.15, -0.1) is 0 Å². The minimum Gasteiger partial charge on any atom is -0.481 e. The van der Waals surface area contributed by atoms with Crippen LogP contribution in [-0.2, 0) is 4.79 Å². The summed E-state index contributed by atoms with van der Waals surface area (Å²) in [6.07, 6.45) is 6.87. The predicted molar refractivity (Wildman–Crippen MR) is 83.3 cm³/mol. The van der Waals surface area contributed by atoms with E-state index in [-0.39, 0.29) is 0 Å². The molecule has 4 unspecified atom stereocenters. The lowest BCUT2D eigenvalue weighted by molar-refractivity contribution is -0.138. The smallest absolute Gasteiger partial charge is 0.303 e. The molecule has 1 saturated carbocycles. The maximum absolute atomic E-state index is 10.9. The molecule has 1 N–H and O–H groups in total. The van der Waals surface area contributed by atoms with Gasteiger partial charge in [-0.05, 0) is 57.4 Å². The molecule has 2 heterocycles. The van der Waals surface area contributed by atoms with Crippen molar-refractivity contribution in [2.45, 2.75) is 70.5 Å². The topological polar surface area (TPSA) is 43.8 Å². The molecule has 4 heteroatoms. The number of aliphatic carboxylic acids is 1. The molecule has 21 heavy (non-hydrogen) atoms. The maximum atomic E-state index is 10.9. The van der Waals surface area contributed by atoms with Crippen LogP contribution in [0.3, 0.4) is 0 Å². The van der Waals surface area contributed by atoms with E-state index in [0.717, 1.165) is 18.6 Å². The van der Waals surface area contributed by atoms with Gasteiger partial charge in [-0.3, -0.25) is 14.6 Å². The summed E-state index contributed by atoms with van der Waals surface area (Å²) in [5.74, 6) is 0.234. The Kier molecular flexibility index (Phi) is 4.55. The Morgan fingerprint density at radius 3 is 2.67 bits per heavy atom. The van der Waals surface area contributed by atoms with E-state index in [1.54, 1.807) is 0 Å². The Balaban J connectivity index is 1.55. The number of piperidine rings is 1. The molecular formula is C17H30N2O2. The van der Waals surface area contributed by atoms with Crippen molar-refractivity contribution in [2.75, 3.05) is 19.6 Å². The van der Waals surface area contributed by atoms with E-state index < -0.39 is 5.97 Å². The van der Waals surface area contributed by atoms with Crippen LogP contribution < -0.4 is 0 Å². The molecule has 2 aliphatic heterocycles. The molecule has 120 valence electrons. The molecule has 0 aromatic heterocycles. The van der Waals surface area contributed by atoms with Crippen molar-refractivity contribution < 1.29 is 9.90 Å². The average Bonchev–Trinajstić information content (AvgIpc) is 3.21. The zero-order valence-electron chi connectivity index (χ0n) is 13.5. The van der Waals surface area contributed by atoms with Gasteiger partial charge in [0, 0.05) is 37.6 Å². The lowest BCUT2D eigenvalue weighted by atomic mass is 9.84. The van der Waals surface area contributed by atoms with Crippen LogP contribution in [0.15, 0.2) is 0 Å². The lowest BCUT2D eigenvalue weighted by Gasteiger charge is -2.39. The highest BCUT2D eigenvalue weighted by molar-refractivity contribution is 5.67. The fraction of sp³-hybridized carbons (Fsp3) is 0.941. The van der Waals surface area contributed by atoms with E-state index in [2.05, 4.69) is 23.6 Å². The van der Waals surface area contributed by atoms with Gasteiger partial charge >= 0.3 is 5.97 Å². The average molecular weight is 294 g/mol. The molecule has 0 bridgehead atoms. The predicted octanol–water partition coefficient (Wildman–Crippen LogP) is 2.43. The van der Waals surface area contributed by atoms with Gasteiger partial charge in [-0.2, -0.15) is 0 Å². The monoisotopic (exact) mass is 294 g/mol. The minimum absolute atomic E-state index is 0.309. The summed E-state index contributed by atoms with van der Waals surface area (Å²) >= 11 is 0. The van der Waals surface area contributed by atoms with Crippen molar-refractivity contribution in [3.63, 3.8) is 0 Å². The third-order valence-electron chi connectivity index (χ3n) is 5.92. The first-order valence-electron chi connectivity index (χ1n) is 8.76. The molecule has 3 aliphatic rings. The molecule has 0 amide bonds. The van der Waals surface area contributed by atoms with Crippen LogP contribution in [0.4, 0.5) is 0 Å². The molecule has 4 atom stereocenters. The molecule has 4 nitrogen and oxygen atoms in total. The van der Waals surface area contributed by atoms with E-state index >= 15 is 0 Å². The van der Waals surface area contributed by atoms with Crippen molar-refractivity contribution in [3.8, 4) is 0 Å². The quantitative estimate of drug-likeness (QED) is 0.846. The zero-order valence-corrected chi connectivity index (χ0v) is 13.5. The van der Waals surface area contributed by atoms with Crippen LogP contribution in [0.25, 0.3) is 0 Å². The van der Waals surface area contributed by atoms with Crippen molar-refractivity contribution in [1.82, 2.24) is 9.80 Å². The van der Waals surface area contributed by atoms with Gasteiger partial charge in [0.15, 0.2) is 0 Å². The summed E-state index contributed by atoms with van der Waals surface area (Å²) < 4.78 is 0. The third-order valence-corrected chi connectivity index (χ3v) is 5.92. The summed E-state index contributed by atoms with van der Waals surface area (Å²) in [5.41, 5.74) is 0. The summed E-state index contributed by atoms with van der Waals surface area (Å²) in [6.45, 7) is 8.07. The number of carboxylic acid groups (broad SMARTS) is 1. The first-order valence-corrected chi connectivity index (χ1v) is 8.76. The number of carbonyl (C=O) groups is 1. The summed E-state index contributed by atoms with van der Waals surface area (Å²) in [5, 5.41) is 9.01. The zero-order chi connectivity index (χ0) is 15.0. The number of nitrogens with zero attached hydrogens (tertiary/aromatic N) is 2. The van der Waals surface area contributed by atoms with Crippen LogP contribution in [0, 0.1) is 11.8 Å². The molecule has 2 saturated heterocycles. The number of rotatable bonds is 5. The molecule has 0 spiro atoms. The minimum atomic E-state index is -0.644. The first kappa shape index (κ1) is 15.3. The Labute approximate surface area is 128 Å². The normalized spacial score (nSPS) is 36.8. The van der Waals surface area contributed by atoms with Crippen molar-refractivity contribution in [2.24, 2.45) is 11.8 Å². The number of hydrogen-bond acceptors (Lipinski definition) is 3. The summed E-state index contributed by atoms with van der Waals surface area (Å²) in [6, 6.07) is 2.32. The summed E-state index contributed by atoms with van der Waals surface area (Å²) in [7, 11) is 0. The second kappa shape index (κ2) is 6.25. The fourth-order valence-electron chi connectivity index (χ4n) is 4.49. The Hall–Kier alpha value is -0.610. The van der Waals surface area contributed by atoms with Gasteiger partial charge in [-0.1, -0.05) is 6.92 Å². The second-order valence-corrected chi connectivity index (χ2v) is 7.64. The van der Waals surface area contributed by atoms with Crippen LogP contribution in [-0.4, -0.2) is 58.6 Å². The van der Waals surface area contributed by atoms with E-state index in [1.165, 1.54) is 45.2 Å². The standard InChI is InChI=1S/C17H30N2O2/c1-12(8-17(20)21)14-4-3-7-18(10-14)16-9-13(2)19(11-16)15-5-6-15/h12-16H,3-11H2,1-2H3,(H,20,21).